The summed E-state index contributed by atoms with van der Waals surface area (Å²) in [7, 11) is 0. The van der Waals surface area contributed by atoms with Crippen LogP contribution in [0.25, 0.3) is 0 Å². The molecule has 1 atom stereocenters. The lowest BCUT2D eigenvalue weighted by Crippen LogP contribution is -2.13. The highest BCUT2D eigenvalue weighted by Gasteiger charge is 2.10. The maximum Gasteiger partial charge on any atom is 0.137 e. The van der Waals surface area contributed by atoms with Gasteiger partial charge in [-0.15, -0.1) is 0 Å². The van der Waals surface area contributed by atoms with Gasteiger partial charge in [0.1, 0.15) is 11.6 Å². The normalized spacial score (nSPS) is 12.7. The molecule has 1 unspecified atom stereocenters. The van der Waals surface area contributed by atoms with Gasteiger partial charge in [-0.2, -0.15) is 0 Å². The van der Waals surface area contributed by atoms with E-state index in [1.165, 1.54) is 6.07 Å². The highest BCUT2D eigenvalue weighted by Crippen LogP contribution is 2.22. The third-order valence-electron chi connectivity index (χ3n) is 2.37. The molecule has 1 aromatic heterocycles. The van der Waals surface area contributed by atoms with Crippen molar-refractivity contribution in [2.24, 2.45) is 5.73 Å². The van der Waals surface area contributed by atoms with E-state index in [-0.39, 0.29) is 11.9 Å². The first-order chi connectivity index (χ1) is 7.66. The van der Waals surface area contributed by atoms with Gasteiger partial charge in [-0.3, -0.25) is 0 Å². The first-order valence-corrected chi connectivity index (χ1v) is 5.69. The molecule has 84 valence electrons. The number of halogens is 2. The van der Waals surface area contributed by atoms with Crippen LogP contribution in [0.2, 0.25) is 0 Å². The largest absolute Gasteiger partial charge is 0.469 e. The van der Waals surface area contributed by atoms with Crippen LogP contribution in [0.3, 0.4) is 0 Å². The van der Waals surface area contributed by atoms with Crippen molar-refractivity contribution < 1.29 is 8.81 Å². The van der Waals surface area contributed by atoms with Crippen molar-refractivity contribution in [1.29, 1.82) is 0 Å². The Balaban J connectivity index is 2.14. The van der Waals surface area contributed by atoms with Crippen LogP contribution < -0.4 is 5.73 Å². The molecule has 0 spiro atoms. The molecule has 2 rings (SSSR count). The zero-order valence-corrected chi connectivity index (χ0v) is 10.1. The molecule has 0 aliphatic rings. The van der Waals surface area contributed by atoms with E-state index in [9.17, 15) is 4.39 Å². The summed E-state index contributed by atoms with van der Waals surface area (Å²) in [6, 6.07) is 8.29. The summed E-state index contributed by atoms with van der Waals surface area (Å²) in [5.41, 5.74) is 6.88. The van der Waals surface area contributed by atoms with Gasteiger partial charge in [-0.25, -0.2) is 4.39 Å². The highest BCUT2D eigenvalue weighted by molar-refractivity contribution is 9.10. The topological polar surface area (TPSA) is 39.2 Å². The standard InChI is InChI=1S/C12H11BrFNO/c13-10-6-8(3-4-11(10)14)12(15)7-9-2-1-5-16-9/h1-6,12H,7,15H2. The van der Waals surface area contributed by atoms with Crippen LogP contribution >= 0.6 is 15.9 Å². The Labute approximate surface area is 101 Å². The molecule has 2 N–H and O–H groups in total. The van der Waals surface area contributed by atoms with Crippen LogP contribution in [-0.2, 0) is 6.42 Å². The molecule has 0 fully saturated rings. The molecule has 0 aliphatic carbocycles. The van der Waals surface area contributed by atoms with Crippen molar-refractivity contribution in [3.05, 3.63) is 58.2 Å². The average Bonchev–Trinajstić information content (AvgIpc) is 2.74. The first kappa shape index (κ1) is 11.4. The van der Waals surface area contributed by atoms with Gasteiger partial charge < -0.3 is 10.2 Å². The Kier molecular flexibility index (Phi) is 3.41. The second-order valence-electron chi connectivity index (χ2n) is 3.56. The third-order valence-corrected chi connectivity index (χ3v) is 2.98. The van der Waals surface area contributed by atoms with E-state index in [0.29, 0.717) is 10.9 Å². The summed E-state index contributed by atoms with van der Waals surface area (Å²) in [6.07, 6.45) is 2.22. The van der Waals surface area contributed by atoms with Crippen molar-refractivity contribution >= 4 is 15.9 Å². The number of benzene rings is 1. The molecule has 2 nitrogen and oxygen atoms in total. The fourth-order valence-corrected chi connectivity index (χ4v) is 1.90. The number of hydrogen-bond acceptors (Lipinski definition) is 2. The molecular weight excluding hydrogens is 273 g/mol. The van der Waals surface area contributed by atoms with Gasteiger partial charge in [0.15, 0.2) is 0 Å². The fraction of sp³-hybridized carbons (Fsp3) is 0.167. The first-order valence-electron chi connectivity index (χ1n) is 4.89. The molecule has 0 bridgehead atoms. The third kappa shape index (κ3) is 2.51. The Bertz CT molecular complexity index is 470. The number of rotatable bonds is 3. The fourth-order valence-electron chi connectivity index (χ4n) is 1.51. The van der Waals surface area contributed by atoms with E-state index in [2.05, 4.69) is 15.9 Å². The van der Waals surface area contributed by atoms with E-state index in [0.717, 1.165) is 11.3 Å². The molecule has 0 saturated heterocycles. The monoisotopic (exact) mass is 283 g/mol. The SMILES string of the molecule is NC(Cc1ccco1)c1ccc(F)c(Br)c1. The Hall–Kier alpha value is -1.13. The molecule has 0 saturated carbocycles. The minimum absolute atomic E-state index is 0.192. The minimum atomic E-state index is -0.283. The van der Waals surface area contributed by atoms with Gasteiger partial charge in [0.25, 0.3) is 0 Å². The summed E-state index contributed by atoms with van der Waals surface area (Å²) in [4.78, 5) is 0. The Morgan fingerprint density at radius 1 is 1.38 bits per heavy atom. The molecular formula is C12H11BrFNO. The van der Waals surface area contributed by atoms with Gasteiger partial charge in [-0.05, 0) is 45.8 Å². The lowest BCUT2D eigenvalue weighted by Gasteiger charge is -2.10. The predicted octanol–water partition coefficient (Wildman–Crippen LogP) is 3.42. The van der Waals surface area contributed by atoms with E-state index >= 15 is 0 Å². The summed E-state index contributed by atoms with van der Waals surface area (Å²) >= 11 is 3.14. The van der Waals surface area contributed by atoms with Crippen LogP contribution in [0.5, 0.6) is 0 Å². The van der Waals surface area contributed by atoms with Crippen LogP contribution in [0.15, 0.2) is 45.5 Å². The van der Waals surface area contributed by atoms with Crippen LogP contribution in [0.1, 0.15) is 17.4 Å². The summed E-state index contributed by atoms with van der Waals surface area (Å²) < 4.78 is 18.7. The maximum atomic E-state index is 13.0. The van der Waals surface area contributed by atoms with Crippen molar-refractivity contribution in [2.75, 3.05) is 0 Å². The second kappa shape index (κ2) is 4.80. The number of nitrogens with two attached hydrogens (primary N) is 1. The van der Waals surface area contributed by atoms with Crippen molar-refractivity contribution in [3.8, 4) is 0 Å². The number of hydrogen-bond donors (Lipinski definition) is 1. The van der Waals surface area contributed by atoms with Gasteiger partial charge in [0.05, 0.1) is 10.7 Å². The molecule has 0 aliphatic heterocycles. The molecule has 0 radical (unpaired) electrons. The van der Waals surface area contributed by atoms with E-state index < -0.39 is 0 Å². The average molecular weight is 284 g/mol. The van der Waals surface area contributed by atoms with Gasteiger partial charge in [-0.1, -0.05) is 6.07 Å². The zero-order chi connectivity index (χ0) is 11.5. The Morgan fingerprint density at radius 2 is 2.19 bits per heavy atom. The van der Waals surface area contributed by atoms with Gasteiger partial charge in [0, 0.05) is 12.5 Å². The zero-order valence-electron chi connectivity index (χ0n) is 8.49. The minimum Gasteiger partial charge on any atom is -0.469 e. The van der Waals surface area contributed by atoms with Crippen molar-refractivity contribution in [1.82, 2.24) is 0 Å². The quantitative estimate of drug-likeness (QED) is 0.938. The molecule has 4 heteroatoms. The number of furan rings is 1. The van der Waals surface area contributed by atoms with Gasteiger partial charge in [0.2, 0.25) is 0 Å². The molecule has 1 aromatic carbocycles. The van der Waals surface area contributed by atoms with E-state index in [1.807, 2.05) is 12.1 Å². The van der Waals surface area contributed by atoms with Crippen LogP contribution in [-0.4, -0.2) is 0 Å². The molecule has 2 aromatic rings. The maximum absolute atomic E-state index is 13.0. The van der Waals surface area contributed by atoms with E-state index in [4.69, 9.17) is 10.2 Å². The second-order valence-corrected chi connectivity index (χ2v) is 4.42. The molecule has 1 heterocycles. The lowest BCUT2D eigenvalue weighted by atomic mass is 10.0. The van der Waals surface area contributed by atoms with Crippen LogP contribution in [0, 0.1) is 5.82 Å². The highest BCUT2D eigenvalue weighted by atomic mass is 79.9. The lowest BCUT2D eigenvalue weighted by molar-refractivity contribution is 0.488. The summed E-state index contributed by atoms with van der Waals surface area (Å²) in [5, 5.41) is 0. The molecule has 16 heavy (non-hydrogen) atoms. The summed E-state index contributed by atoms with van der Waals surface area (Å²) in [5.74, 6) is 0.543. The molecule has 0 amide bonds. The van der Waals surface area contributed by atoms with E-state index in [1.54, 1.807) is 18.4 Å². The van der Waals surface area contributed by atoms with Crippen molar-refractivity contribution in [3.63, 3.8) is 0 Å². The van der Waals surface area contributed by atoms with Gasteiger partial charge >= 0.3 is 0 Å². The predicted molar refractivity (Wildman–Crippen MR) is 63.4 cm³/mol. The van der Waals surface area contributed by atoms with Crippen molar-refractivity contribution in [2.45, 2.75) is 12.5 Å². The smallest absolute Gasteiger partial charge is 0.137 e. The van der Waals surface area contributed by atoms with Crippen LogP contribution in [0.4, 0.5) is 4.39 Å². The Morgan fingerprint density at radius 3 is 2.81 bits per heavy atom. The summed E-state index contributed by atoms with van der Waals surface area (Å²) in [6.45, 7) is 0.